The van der Waals surface area contributed by atoms with Crippen LogP contribution in [0.1, 0.15) is 42.2 Å². The highest BCUT2D eigenvalue weighted by atomic mass is 15.3. The van der Waals surface area contributed by atoms with Crippen LogP contribution in [-0.4, -0.2) is 40.9 Å². The van der Waals surface area contributed by atoms with Gasteiger partial charge in [-0.2, -0.15) is 0 Å². The molecular formula is C25H35N7. The van der Waals surface area contributed by atoms with Crippen molar-refractivity contribution < 1.29 is 0 Å². The van der Waals surface area contributed by atoms with Gasteiger partial charge in [0.15, 0.2) is 11.8 Å². The topological polar surface area (TPSA) is 70.4 Å². The van der Waals surface area contributed by atoms with Gasteiger partial charge in [0.25, 0.3) is 0 Å². The van der Waals surface area contributed by atoms with Crippen LogP contribution in [0.5, 0.6) is 0 Å². The second-order valence-corrected chi connectivity index (χ2v) is 8.15. The third-order valence-electron chi connectivity index (χ3n) is 5.73. The minimum Gasteiger partial charge on any atom is -0.375 e. The molecule has 1 aromatic heterocycles. The number of hydrogen-bond donors (Lipinski definition) is 2. The standard InChI is InChI=1S/C25H35N7/c1-19-12-9-10-15-23(19)20(2)28-25(27-18-24-30-29-21(3)32(24)5)26-16-11-17-31(4)22-13-7-6-8-14-22/h6-10,12-15,20H,11,16-18H2,1-5H3,(H2,26,27,28). The second kappa shape index (κ2) is 11.3. The van der Waals surface area contributed by atoms with Gasteiger partial charge in [-0.3, -0.25) is 0 Å². The number of rotatable bonds is 9. The minimum atomic E-state index is 0.135. The maximum absolute atomic E-state index is 4.80. The van der Waals surface area contributed by atoms with Gasteiger partial charge >= 0.3 is 0 Å². The Kier molecular flexibility index (Phi) is 8.25. The van der Waals surface area contributed by atoms with Crippen LogP contribution < -0.4 is 15.5 Å². The van der Waals surface area contributed by atoms with E-state index in [0.29, 0.717) is 6.54 Å². The third kappa shape index (κ3) is 6.33. The molecule has 0 aliphatic carbocycles. The van der Waals surface area contributed by atoms with E-state index in [-0.39, 0.29) is 6.04 Å². The van der Waals surface area contributed by atoms with Crippen molar-refractivity contribution in [3.05, 3.63) is 77.4 Å². The Morgan fingerprint density at radius 3 is 2.47 bits per heavy atom. The summed E-state index contributed by atoms with van der Waals surface area (Å²) in [6.45, 7) is 8.49. The first-order chi connectivity index (χ1) is 15.5. The molecule has 1 atom stereocenters. The van der Waals surface area contributed by atoms with Crippen molar-refractivity contribution >= 4 is 11.6 Å². The third-order valence-corrected chi connectivity index (χ3v) is 5.73. The smallest absolute Gasteiger partial charge is 0.192 e. The van der Waals surface area contributed by atoms with Crippen molar-refractivity contribution in [1.82, 2.24) is 25.4 Å². The predicted molar refractivity (Wildman–Crippen MR) is 132 cm³/mol. The summed E-state index contributed by atoms with van der Waals surface area (Å²) in [5.74, 6) is 2.51. The molecule has 0 saturated heterocycles. The maximum atomic E-state index is 4.80. The molecule has 3 rings (SSSR count). The first kappa shape index (κ1) is 23.3. The van der Waals surface area contributed by atoms with Crippen LogP contribution in [0.25, 0.3) is 0 Å². The summed E-state index contributed by atoms with van der Waals surface area (Å²) in [6.07, 6.45) is 0.994. The van der Waals surface area contributed by atoms with Crippen LogP contribution in [0, 0.1) is 13.8 Å². The average molecular weight is 434 g/mol. The van der Waals surface area contributed by atoms with Crippen molar-refractivity contribution in [2.75, 3.05) is 25.0 Å². The maximum Gasteiger partial charge on any atom is 0.192 e. The fourth-order valence-corrected chi connectivity index (χ4v) is 3.58. The monoisotopic (exact) mass is 433 g/mol. The lowest BCUT2D eigenvalue weighted by atomic mass is 10.0. The summed E-state index contributed by atoms with van der Waals surface area (Å²) in [7, 11) is 4.09. The number of guanidine groups is 1. The highest BCUT2D eigenvalue weighted by molar-refractivity contribution is 5.80. The molecule has 0 bridgehead atoms. The summed E-state index contributed by atoms with van der Waals surface area (Å²) in [4.78, 5) is 7.06. The van der Waals surface area contributed by atoms with E-state index in [4.69, 9.17) is 4.99 Å². The number of aromatic nitrogens is 3. The molecule has 0 radical (unpaired) electrons. The quantitative estimate of drug-likeness (QED) is 0.306. The Hall–Kier alpha value is -3.35. The first-order valence-electron chi connectivity index (χ1n) is 11.2. The number of benzene rings is 2. The molecule has 2 aromatic carbocycles. The number of nitrogens with one attached hydrogen (secondary N) is 2. The minimum absolute atomic E-state index is 0.135. The Morgan fingerprint density at radius 1 is 1.06 bits per heavy atom. The van der Waals surface area contributed by atoms with E-state index in [1.165, 1.54) is 16.8 Å². The molecule has 7 nitrogen and oxygen atoms in total. The van der Waals surface area contributed by atoms with Gasteiger partial charge in [0.1, 0.15) is 12.4 Å². The predicted octanol–water partition coefficient (Wildman–Crippen LogP) is 3.75. The summed E-state index contributed by atoms with van der Waals surface area (Å²) in [5.41, 5.74) is 3.76. The summed E-state index contributed by atoms with van der Waals surface area (Å²) < 4.78 is 1.97. The number of aryl methyl sites for hydroxylation is 2. The molecule has 2 N–H and O–H groups in total. The van der Waals surface area contributed by atoms with E-state index < -0.39 is 0 Å². The van der Waals surface area contributed by atoms with Crippen LogP contribution in [0.4, 0.5) is 5.69 Å². The van der Waals surface area contributed by atoms with Gasteiger partial charge in [0, 0.05) is 32.9 Å². The molecule has 32 heavy (non-hydrogen) atoms. The number of nitrogens with zero attached hydrogens (tertiary/aromatic N) is 5. The zero-order valence-corrected chi connectivity index (χ0v) is 19.8. The zero-order chi connectivity index (χ0) is 22.9. The fraction of sp³-hybridized carbons (Fsp3) is 0.400. The van der Waals surface area contributed by atoms with E-state index in [9.17, 15) is 0 Å². The van der Waals surface area contributed by atoms with Crippen LogP contribution in [0.3, 0.4) is 0 Å². The second-order valence-electron chi connectivity index (χ2n) is 8.15. The van der Waals surface area contributed by atoms with Gasteiger partial charge in [-0.25, -0.2) is 4.99 Å². The Balaban J connectivity index is 1.62. The Labute approximate surface area is 191 Å². The molecule has 0 aliphatic heterocycles. The lowest BCUT2D eigenvalue weighted by Crippen LogP contribution is -2.40. The molecule has 0 amide bonds. The van der Waals surface area contributed by atoms with E-state index in [0.717, 1.165) is 37.1 Å². The van der Waals surface area contributed by atoms with Crippen molar-refractivity contribution in [2.45, 2.75) is 39.8 Å². The molecule has 7 heteroatoms. The number of aliphatic imine (C=N–C) groups is 1. The molecule has 3 aromatic rings. The van der Waals surface area contributed by atoms with E-state index in [1.807, 2.05) is 24.6 Å². The summed E-state index contributed by atoms with van der Waals surface area (Å²) >= 11 is 0. The zero-order valence-electron chi connectivity index (χ0n) is 19.8. The average Bonchev–Trinajstić information content (AvgIpc) is 3.12. The van der Waals surface area contributed by atoms with Gasteiger partial charge in [-0.15, -0.1) is 10.2 Å². The van der Waals surface area contributed by atoms with Crippen molar-refractivity contribution in [2.24, 2.45) is 12.0 Å². The first-order valence-corrected chi connectivity index (χ1v) is 11.2. The van der Waals surface area contributed by atoms with Gasteiger partial charge < -0.3 is 20.1 Å². The van der Waals surface area contributed by atoms with Crippen LogP contribution >= 0.6 is 0 Å². The Morgan fingerprint density at radius 2 is 1.78 bits per heavy atom. The van der Waals surface area contributed by atoms with E-state index in [1.54, 1.807) is 0 Å². The molecule has 0 saturated carbocycles. The normalized spacial score (nSPS) is 12.5. The molecule has 170 valence electrons. The van der Waals surface area contributed by atoms with Crippen molar-refractivity contribution in [3.63, 3.8) is 0 Å². The Bertz CT molecular complexity index is 1010. The largest absolute Gasteiger partial charge is 0.375 e. The summed E-state index contributed by atoms with van der Waals surface area (Å²) in [6, 6.07) is 19.0. The molecule has 0 aliphatic rings. The van der Waals surface area contributed by atoms with Crippen LogP contribution in [-0.2, 0) is 13.6 Å². The molecule has 0 fully saturated rings. The van der Waals surface area contributed by atoms with E-state index in [2.05, 4.69) is 95.2 Å². The van der Waals surface area contributed by atoms with Gasteiger partial charge in [0.2, 0.25) is 0 Å². The van der Waals surface area contributed by atoms with Crippen molar-refractivity contribution in [3.8, 4) is 0 Å². The number of para-hydroxylation sites is 1. The van der Waals surface area contributed by atoms with Crippen LogP contribution in [0.2, 0.25) is 0 Å². The molecule has 1 heterocycles. The van der Waals surface area contributed by atoms with Gasteiger partial charge in [0.05, 0.1) is 6.04 Å². The van der Waals surface area contributed by atoms with E-state index >= 15 is 0 Å². The van der Waals surface area contributed by atoms with Crippen molar-refractivity contribution in [1.29, 1.82) is 0 Å². The summed E-state index contributed by atoms with van der Waals surface area (Å²) in [5, 5.41) is 15.4. The SMILES string of the molecule is Cc1ccccc1C(C)NC(=NCc1nnc(C)n1C)NCCCN(C)c1ccccc1. The molecular weight excluding hydrogens is 398 g/mol. The highest BCUT2D eigenvalue weighted by Crippen LogP contribution is 2.16. The van der Waals surface area contributed by atoms with Gasteiger partial charge in [-0.05, 0) is 50.5 Å². The highest BCUT2D eigenvalue weighted by Gasteiger charge is 2.11. The fourth-order valence-electron chi connectivity index (χ4n) is 3.58. The van der Waals surface area contributed by atoms with Crippen LogP contribution in [0.15, 0.2) is 59.6 Å². The number of anilines is 1. The molecule has 1 unspecified atom stereocenters. The molecule has 0 spiro atoms. The lowest BCUT2D eigenvalue weighted by Gasteiger charge is -2.22. The number of hydrogen-bond acceptors (Lipinski definition) is 4. The van der Waals surface area contributed by atoms with Gasteiger partial charge in [-0.1, -0.05) is 42.5 Å². The lowest BCUT2D eigenvalue weighted by molar-refractivity contribution is 0.661.